The molecular weight excluding hydrogens is 310 g/mol. The van der Waals surface area contributed by atoms with Gasteiger partial charge in [0, 0.05) is 29.6 Å². The van der Waals surface area contributed by atoms with E-state index in [9.17, 15) is 0 Å². The third-order valence-corrected chi connectivity index (χ3v) is 5.01. The number of hydrogen-bond acceptors (Lipinski definition) is 6. The molecule has 0 aliphatic carbocycles. The quantitative estimate of drug-likeness (QED) is 0.827. The van der Waals surface area contributed by atoms with E-state index >= 15 is 0 Å². The summed E-state index contributed by atoms with van der Waals surface area (Å²) in [6.07, 6.45) is 2.22. The highest BCUT2D eigenvalue weighted by Crippen LogP contribution is 2.41. The Hall–Kier alpha value is -1.82. The van der Waals surface area contributed by atoms with Crippen LogP contribution in [0.15, 0.2) is 18.2 Å². The first-order valence-corrected chi connectivity index (χ1v) is 8.73. The Bertz CT molecular complexity index is 672. The van der Waals surface area contributed by atoms with Gasteiger partial charge in [0.15, 0.2) is 0 Å². The van der Waals surface area contributed by atoms with Gasteiger partial charge in [0.2, 0.25) is 5.13 Å². The van der Waals surface area contributed by atoms with Gasteiger partial charge in [-0.1, -0.05) is 13.8 Å². The van der Waals surface area contributed by atoms with Crippen molar-refractivity contribution in [3.05, 3.63) is 29.6 Å². The van der Waals surface area contributed by atoms with E-state index in [1.165, 1.54) is 11.5 Å². The van der Waals surface area contributed by atoms with Gasteiger partial charge in [-0.3, -0.25) is 0 Å². The average molecular weight is 333 g/mol. The van der Waals surface area contributed by atoms with E-state index in [4.69, 9.17) is 14.5 Å². The molecule has 0 N–H and O–H groups in total. The summed E-state index contributed by atoms with van der Waals surface area (Å²) in [4.78, 5) is 7.07. The molecule has 1 unspecified atom stereocenters. The molecule has 0 radical (unpaired) electrons. The van der Waals surface area contributed by atoms with Gasteiger partial charge in [0.05, 0.1) is 20.3 Å². The first kappa shape index (κ1) is 16.1. The zero-order valence-electron chi connectivity index (χ0n) is 14.1. The highest BCUT2D eigenvalue weighted by atomic mass is 32.1. The van der Waals surface area contributed by atoms with Crippen molar-refractivity contribution >= 4 is 16.7 Å². The number of ether oxygens (including phenoxy) is 2. The molecule has 1 atom stereocenters. The number of anilines is 1. The Labute approximate surface area is 141 Å². The van der Waals surface area contributed by atoms with E-state index in [1.807, 2.05) is 12.1 Å². The van der Waals surface area contributed by atoms with E-state index in [0.717, 1.165) is 47.4 Å². The maximum atomic E-state index is 5.57. The highest BCUT2D eigenvalue weighted by Gasteiger charge is 2.31. The molecule has 5 nitrogen and oxygen atoms in total. The van der Waals surface area contributed by atoms with Crippen molar-refractivity contribution in [1.29, 1.82) is 0 Å². The summed E-state index contributed by atoms with van der Waals surface area (Å²) >= 11 is 1.49. The second kappa shape index (κ2) is 6.74. The molecular formula is C17H23N3O2S. The Kier molecular flexibility index (Phi) is 4.71. The maximum Gasteiger partial charge on any atom is 0.205 e. The second-order valence-electron chi connectivity index (χ2n) is 6.05. The van der Waals surface area contributed by atoms with Gasteiger partial charge in [-0.25, -0.2) is 4.98 Å². The molecule has 1 aliphatic rings. The van der Waals surface area contributed by atoms with Gasteiger partial charge in [0.1, 0.15) is 17.3 Å². The maximum absolute atomic E-state index is 5.57. The zero-order chi connectivity index (χ0) is 16.4. The van der Waals surface area contributed by atoms with E-state index in [0.29, 0.717) is 5.92 Å². The number of hydrogen-bond donors (Lipinski definition) is 0. The van der Waals surface area contributed by atoms with Gasteiger partial charge in [-0.05, 0) is 31.0 Å². The molecule has 1 saturated heterocycles. The molecule has 0 amide bonds. The summed E-state index contributed by atoms with van der Waals surface area (Å²) in [6, 6.07) is 6.24. The summed E-state index contributed by atoms with van der Waals surface area (Å²) in [7, 11) is 3.41. The fourth-order valence-corrected chi connectivity index (χ4v) is 3.88. The molecule has 1 fully saturated rings. The summed E-state index contributed by atoms with van der Waals surface area (Å²) < 4.78 is 15.5. The molecule has 0 bridgehead atoms. The lowest BCUT2D eigenvalue weighted by Crippen LogP contribution is -2.23. The molecule has 3 rings (SSSR count). The predicted molar refractivity (Wildman–Crippen MR) is 92.9 cm³/mol. The topological polar surface area (TPSA) is 47.5 Å². The van der Waals surface area contributed by atoms with E-state index in [2.05, 4.69) is 29.2 Å². The second-order valence-corrected chi connectivity index (χ2v) is 6.78. The Morgan fingerprint density at radius 1 is 1.26 bits per heavy atom. The molecule has 1 aromatic carbocycles. The molecule has 2 heterocycles. The zero-order valence-corrected chi connectivity index (χ0v) is 14.9. The monoisotopic (exact) mass is 333 g/mol. The average Bonchev–Trinajstić information content (AvgIpc) is 3.22. The fourth-order valence-electron chi connectivity index (χ4n) is 3.00. The third-order valence-electron chi connectivity index (χ3n) is 4.24. The molecule has 124 valence electrons. The van der Waals surface area contributed by atoms with Crippen LogP contribution in [0.25, 0.3) is 0 Å². The minimum Gasteiger partial charge on any atom is -0.497 e. The lowest BCUT2D eigenvalue weighted by atomic mass is 10.0. The lowest BCUT2D eigenvalue weighted by Gasteiger charge is -2.25. The highest BCUT2D eigenvalue weighted by molar-refractivity contribution is 7.09. The molecule has 23 heavy (non-hydrogen) atoms. The van der Waals surface area contributed by atoms with Crippen LogP contribution < -0.4 is 14.4 Å². The van der Waals surface area contributed by atoms with Gasteiger partial charge < -0.3 is 14.4 Å². The summed E-state index contributed by atoms with van der Waals surface area (Å²) in [5.41, 5.74) is 1.16. The lowest BCUT2D eigenvalue weighted by molar-refractivity contribution is 0.395. The number of nitrogens with zero attached hydrogens (tertiary/aromatic N) is 3. The predicted octanol–water partition coefficient (Wildman–Crippen LogP) is 4.02. The summed E-state index contributed by atoms with van der Waals surface area (Å²) in [5, 5.41) is 1.00. The largest absolute Gasteiger partial charge is 0.497 e. The number of rotatable bonds is 5. The van der Waals surface area contributed by atoms with Crippen molar-refractivity contribution in [2.24, 2.45) is 0 Å². The number of aromatic nitrogens is 2. The van der Waals surface area contributed by atoms with Crippen LogP contribution in [-0.4, -0.2) is 30.1 Å². The molecule has 0 spiro atoms. The Balaban J connectivity index is 1.94. The Morgan fingerprint density at radius 3 is 2.74 bits per heavy atom. The van der Waals surface area contributed by atoms with Gasteiger partial charge in [0.25, 0.3) is 0 Å². The van der Waals surface area contributed by atoms with Crippen LogP contribution in [0.2, 0.25) is 0 Å². The van der Waals surface area contributed by atoms with Crippen LogP contribution in [0.1, 0.15) is 50.0 Å². The van der Waals surface area contributed by atoms with E-state index < -0.39 is 0 Å². The van der Waals surface area contributed by atoms with Crippen LogP contribution >= 0.6 is 11.5 Å². The first-order valence-electron chi connectivity index (χ1n) is 7.96. The van der Waals surface area contributed by atoms with Crippen molar-refractivity contribution in [3.63, 3.8) is 0 Å². The van der Waals surface area contributed by atoms with Crippen molar-refractivity contribution < 1.29 is 9.47 Å². The normalized spacial score (nSPS) is 17.8. The van der Waals surface area contributed by atoms with E-state index in [1.54, 1.807) is 14.2 Å². The van der Waals surface area contributed by atoms with Crippen LogP contribution in [0, 0.1) is 0 Å². The molecule has 1 aliphatic heterocycles. The van der Waals surface area contributed by atoms with Crippen molar-refractivity contribution in [2.75, 3.05) is 25.7 Å². The molecule has 2 aromatic rings. The van der Waals surface area contributed by atoms with Crippen LogP contribution in [0.4, 0.5) is 5.13 Å². The minimum atomic E-state index is 0.257. The van der Waals surface area contributed by atoms with Crippen molar-refractivity contribution in [2.45, 2.75) is 38.6 Å². The van der Waals surface area contributed by atoms with Gasteiger partial charge >= 0.3 is 0 Å². The number of benzene rings is 1. The van der Waals surface area contributed by atoms with Gasteiger partial charge in [-0.15, -0.1) is 0 Å². The van der Waals surface area contributed by atoms with Gasteiger partial charge in [-0.2, -0.15) is 4.37 Å². The minimum absolute atomic E-state index is 0.257. The number of methoxy groups -OCH3 is 2. The van der Waals surface area contributed by atoms with E-state index in [-0.39, 0.29) is 6.04 Å². The van der Waals surface area contributed by atoms with Crippen molar-refractivity contribution in [3.8, 4) is 11.5 Å². The standard InChI is InChI=1S/C17H23N3O2S/c1-11(2)16-18-17(23-19-16)20-9-5-6-14(20)13-10-12(21-3)7-8-15(13)22-4/h7-8,10-11,14H,5-6,9H2,1-4H3. The Morgan fingerprint density at radius 2 is 2.09 bits per heavy atom. The third kappa shape index (κ3) is 3.13. The molecule has 0 saturated carbocycles. The van der Waals surface area contributed by atoms with Crippen LogP contribution in [0.3, 0.4) is 0 Å². The van der Waals surface area contributed by atoms with Crippen LogP contribution in [0.5, 0.6) is 11.5 Å². The summed E-state index contributed by atoms with van der Waals surface area (Å²) in [5.74, 6) is 3.03. The van der Waals surface area contributed by atoms with Crippen LogP contribution in [-0.2, 0) is 0 Å². The summed E-state index contributed by atoms with van der Waals surface area (Å²) in [6.45, 7) is 5.24. The first-order chi connectivity index (χ1) is 11.1. The van der Waals surface area contributed by atoms with Crippen molar-refractivity contribution in [1.82, 2.24) is 9.36 Å². The fraction of sp³-hybridized carbons (Fsp3) is 0.529. The smallest absolute Gasteiger partial charge is 0.205 e. The SMILES string of the molecule is COc1ccc(OC)c(C2CCCN2c2nc(C(C)C)ns2)c1. The molecule has 1 aromatic heterocycles. The molecule has 6 heteroatoms.